The molecule has 2 unspecified atom stereocenters. The van der Waals surface area contributed by atoms with Crippen molar-refractivity contribution in [3.05, 3.63) is 78.4 Å². The van der Waals surface area contributed by atoms with Crippen molar-refractivity contribution in [2.24, 2.45) is 0 Å². The minimum absolute atomic E-state index is 0.0122. The normalized spacial score (nSPS) is 20.7. The highest BCUT2D eigenvalue weighted by molar-refractivity contribution is 7.80. The second kappa shape index (κ2) is 10.8. The Bertz CT molecular complexity index is 1110. The Kier molecular flexibility index (Phi) is 7.32. The molecule has 0 aliphatic carbocycles. The quantitative estimate of drug-likeness (QED) is 0.484. The number of aromatic nitrogens is 2. The zero-order valence-electron chi connectivity index (χ0n) is 20.5. The molecule has 0 radical (unpaired) electrons. The molecule has 1 aromatic carbocycles. The molecule has 0 bridgehead atoms. The number of pyridine rings is 1. The van der Waals surface area contributed by atoms with Crippen molar-refractivity contribution >= 4 is 23.0 Å². The van der Waals surface area contributed by atoms with Crippen molar-refractivity contribution in [3.63, 3.8) is 0 Å². The molecule has 0 amide bonds. The Morgan fingerprint density at radius 2 is 1.83 bits per heavy atom. The summed E-state index contributed by atoms with van der Waals surface area (Å²) in [7, 11) is 4.13. The van der Waals surface area contributed by atoms with Gasteiger partial charge in [-0.15, -0.1) is 0 Å². The first-order chi connectivity index (χ1) is 17.1. The molecule has 2 aliphatic heterocycles. The fourth-order valence-corrected chi connectivity index (χ4v) is 5.37. The summed E-state index contributed by atoms with van der Waals surface area (Å²) in [5.41, 5.74) is 4.53. The van der Waals surface area contributed by atoms with Crippen LogP contribution in [0.15, 0.2) is 67.0 Å². The van der Waals surface area contributed by atoms with Gasteiger partial charge in [0.2, 0.25) is 0 Å². The topological polar surface area (TPSA) is 48.8 Å². The molecule has 35 heavy (non-hydrogen) atoms. The number of nitrogens with one attached hydrogen (secondary N) is 1. The van der Waals surface area contributed by atoms with Gasteiger partial charge in [0.25, 0.3) is 0 Å². The Morgan fingerprint density at radius 3 is 2.54 bits per heavy atom. The Labute approximate surface area is 213 Å². The summed E-state index contributed by atoms with van der Waals surface area (Å²) in [4.78, 5) is 11.6. The lowest BCUT2D eigenvalue weighted by atomic mass is 10.0. The lowest BCUT2D eigenvalue weighted by molar-refractivity contribution is 0.0365. The van der Waals surface area contributed by atoms with Gasteiger partial charge >= 0.3 is 0 Å². The van der Waals surface area contributed by atoms with E-state index in [1.165, 1.54) is 11.4 Å². The third-order valence-electron chi connectivity index (χ3n) is 6.90. The molecule has 1 N–H and O–H groups in total. The monoisotopic (exact) mass is 490 g/mol. The Balaban J connectivity index is 1.43. The number of benzene rings is 1. The number of hydrogen-bond donors (Lipinski definition) is 1. The molecule has 5 rings (SSSR count). The lowest BCUT2D eigenvalue weighted by Crippen LogP contribution is -2.39. The zero-order chi connectivity index (χ0) is 24.2. The predicted molar refractivity (Wildman–Crippen MR) is 144 cm³/mol. The minimum atomic E-state index is -0.0122. The van der Waals surface area contributed by atoms with Gasteiger partial charge < -0.3 is 24.4 Å². The maximum Gasteiger partial charge on any atom is 0.170 e. The number of rotatable bonds is 8. The van der Waals surface area contributed by atoms with E-state index in [4.69, 9.17) is 21.9 Å². The van der Waals surface area contributed by atoms with Crippen molar-refractivity contribution in [1.82, 2.24) is 24.7 Å². The second-order valence-corrected chi connectivity index (χ2v) is 9.73. The van der Waals surface area contributed by atoms with Crippen LogP contribution in [-0.2, 0) is 4.74 Å². The van der Waals surface area contributed by atoms with E-state index in [0.717, 1.165) is 62.3 Å². The zero-order valence-corrected chi connectivity index (χ0v) is 21.3. The Morgan fingerprint density at radius 1 is 1.03 bits per heavy atom. The maximum atomic E-state index is 5.88. The van der Waals surface area contributed by atoms with E-state index in [0.29, 0.717) is 0 Å². The smallest absolute Gasteiger partial charge is 0.170 e. The van der Waals surface area contributed by atoms with E-state index >= 15 is 0 Å². The summed E-state index contributed by atoms with van der Waals surface area (Å²) in [6.07, 6.45) is 5.05. The predicted octanol–water partition coefficient (Wildman–Crippen LogP) is 3.63. The number of hydrogen-bond acceptors (Lipinski definition) is 5. The fourth-order valence-electron chi connectivity index (χ4n) is 5.04. The van der Waals surface area contributed by atoms with Gasteiger partial charge in [-0.05, 0) is 67.2 Å². The highest BCUT2D eigenvalue weighted by Gasteiger charge is 2.41. The molecule has 2 saturated heterocycles. The largest absolute Gasteiger partial charge is 0.379 e. The van der Waals surface area contributed by atoms with Crippen LogP contribution in [0.1, 0.15) is 29.9 Å². The molecule has 0 spiro atoms. The first kappa shape index (κ1) is 23.8. The van der Waals surface area contributed by atoms with Crippen molar-refractivity contribution in [3.8, 4) is 5.69 Å². The van der Waals surface area contributed by atoms with Gasteiger partial charge in [0, 0.05) is 69.7 Å². The van der Waals surface area contributed by atoms with Gasteiger partial charge in [0.05, 0.1) is 31.0 Å². The summed E-state index contributed by atoms with van der Waals surface area (Å²) in [5, 5.41) is 4.39. The summed E-state index contributed by atoms with van der Waals surface area (Å²) >= 11 is 5.88. The van der Waals surface area contributed by atoms with Gasteiger partial charge in [-0.25, -0.2) is 0 Å². The van der Waals surface area contributed by atoms with Gasteiger partial charge in [-0.2, -0.15) is 0 Å². The Hall–Kier alpha value is -2.94. The van der Waals surface area contributed by atoms with Crippen molar-refractivity contribution in [1.29, 1.82) is 0 Å². The molecule has 2 aromatic heterocycles. The molecule has 2 atom stereocenters. The van der Waals surface area contributed by atoms with Crippen LogP contribution in [0.2, 0.25) is 0 Å². The number of morpholine rings is 1. The molecular weight excluding hydrogens is 456 g/mol. The van der Waals surface area contributed by atoms with Crippen LogP contribution in [0.5, 0.6) is 0 Å². The van der Waals surface area contributed by atoms with E-state index in [2.05, 4.69) is 87.3 Å². The lowest BCUT2D eigenvalue weighted by Gasteiger charge is -2.31. The standard InChI is InChI=1S/C27H34N6OS/c1-30(2)21-9-11-22(12-10-21)32-15-5-8-24(32)26-25(23-7-3-4-13-28-23)29-27(35)33(26)16-6-14-31-17-19-34-20-18-31/h3-5,7-13,15,25-26H,6,14,16-20H2,1-2H3,(H,29,35). The van der Waals surface area contributed by atoms with Crippen molar-refractivity contribution in [2.45, 2.75) is 18.5 Å². The number of ether oxygens (including phenoxy) is 1. The summed E-state index contributed by atoms with van der Waals surface area (Å²) in [6.45, 7) is 5.61. The van der Waals surface area contributed by atoms with Crippen LogP contribution in [0, 0.1) is 0 Å². The molecule has 2 aliphatic rings. The van der Waals surface area contributed by atoms with Gasteiger partial charge in [-0.1, -0.05) is 6.07 Å². The average molecular weight is 491 g/mol. The average Bonchev–Trinajstić information content (AvgIpc) is 3.50. The van der Waals surface area contributed by atoms with E-state index in [1.54, 1.807) is 0 Å². The summed E-state index contributed by atoms with van der Waals surface area (Å²) in [6, 6.07) is 19.1. The van der Waals surface area contributed by atoms with Crippen molar-refractivity contribution < 1.29 is 4.74 Å². The van der Waals surface area contributed by atoms with E-state index in [9.17, 15) is 0 Å². The highest BCUT2D eigenvalue weighted by Crippen LogP contribution is 2.39. The van der Waals surface area contributed by atoms with Gasteiger partial charge in [0.15, 0.2) is 5.11 Å². The number of nitrogens with zero attached hydrogens (tertiary/aromatic N) is 5. The second-order valence-electron chi connectivity index (χ2n) is 9.34. The SMILES string of the molecule is CN(C)c1ccc(-n2cccc2C2C(c3ccccn3)NC(=S)N2CCCN2CCOCC2)cc1. The number of anilines is 1. The summed E-state index contributed by atoms with van der Waals surface area (Å²) < 4.78 is 7.79. The molecule has 8 heteroatoms. The van der Waals surface area contributed by atoms with E-state index in [1.807, 2.05) is 18.3 Å². The van der Waals surface area contributed by atoms with Crippen LogP contribution >= 0.6 is 12.2 Å². The van der Waals surface area contributed by atoms with Gasteiger partial charge in [0.1, 0.15) is 0 Å². The molecule has 4 heterocycles. The fraction of sp³-hybridized carbons (Fsp3) is 0.407. The minimum Gasteiger partial charge on any atom is -0.379 e. The van der Waals surface area contributed by atoms with Crippen molar-refractivity contribution in [2.75, 3.05) is 58.4 Å². The van der Waals surface area contributed by atoms with E-state index in [-0.39, 0.29) is 12.1 Å². The molecule has 7 nitrogen and oxygen atoms in total. The van der Waals surface area contributed by atoms with Gasteiger partial charge in [-0.3, -0.25) is 9.88 Å². The van der Waals surface area contributed by atoms with Crippen LogP contribution in [0.3, 0.4) is 0 Å². The third kappa shape index (κ3) is 5.19. The molecular formula is C27H34N6OS. The van der Waals surface area contributed by atoms with Crippen LogP contribution < -0.4 is 10.2 Å². The summed E-state index contributed by atoms with van der Waals surface area (Å²) in [5.74, 6) is 0. The molecule has 2 fully saturated rings. The van der Waals surface area contributed by atoms with Crippen LogP contribution in [0.4, 0.5) is 5.69 Å². The first-order valence-corrected chi connectivity index (χ1v) is 12.8. The maximum absolute atomic E-state index is 5.88. The molecule has 184 valence electrons. The van der Waals surface area contributed by atoms with Crippen LogP contribution in [-0.4, -0.2) is 78.0 Å². The molecule has 3 aromatic rings. The van der Waals surface area contributed by atoms with Crippen LogP contribution in [0.25, 0.3) is 5.69 Å². The first-order valence-electron chi connectivity index (χ1n) is 12.3. The van der Waals surface area contributed by atoms with E-state index < -0.39 is 0 Å². The third-order valence-corrected chi connectivity index (χ3v) is 7.25. The number of thiocarbonyl (C=S) groups is 1. The highest BCUT2D eigenvalue weighted by atomic mass is 32.1. The molecule has 0 saturated carbocycles.